The SMILES string of the molecule is CCOC(=O)c1[nH]ccc1-c1ccsc1. The van der Waals surface area contributed by atoms with Crippen LogP contribution in [-0.2, 0) is 4.74 Å². The molecule has 0 saturated carbocycles. The third kappa shape index (κ3) is 1.94. The van der Waals surface area contributed by atoms with Gasteiger partial charge in [-0.1, -0.05) is 0 Å². The topological polar surface area (TPSA) is 42.1 Å². The van der Waals surface area contributed by atoms with Crippen LogP contribution in [0.15, 0.2) is 29.1 Å². The molecule has 0 unspecified atom stereocenters. The number of ether oxygens (including phenoxy) is 1. The molecule has 2 aromatic heterocycles. The maximum atomic E-state index is 11.6. The van der Waals surface area contributed by atoms with Crippen LogP contribution in [0.25, 0.3) is 11.1 Å². The molecule has 0 fully saturated rings. The standard InChI is InChI=1S/C11H11NO2S/c1-2-14-11(13)10-9(3-5-12-10)8-4-6-15-7-8/h3-7,12H,2H2,1H3. The molecule has 0 aliphatic heterocycles. The summed E-state index contributed by atoms with van der Waals surface area (Å²) >= 11 is 1.61. The molecule has 0 saturated heterocycles. The van der Waals surface area contributed by atoms with E-state index in [-0.39, 0.29) is 5.97 Å². The highest BCUT2D eigenvalue weighted by atomic mass is 32.1. The Morgan fingerprint density at radius 1 is 1.53 bits per heavy atom. The van der Waals surface area contributed by atoms with Gasteiger partial charge in [0.1, 0.15) is 5.69 Å². The highest BCUT2D eigenvalue weighted by Gasteiger charge is 2.14. The monoisotopic (exact) mass is 221 g/mol. The smallest absolute Gasteiger partial charge is 0.355 e. The number of aromatic amines is 1. The van der Waals surface area contributed by atoms with Crippen LogP contribution in [-0.4, -0.2) is 17.6 Å². The van der Waals surface area contributed by atoms with Gasteiger partial charge >= 0.3 is 5.97 Å². The summed E-state index contributed by atoms with van der Waals surface area (Å²) < 4.78 is 4.96. The van der Waals surface area contributed by atoms with Gasteiger partial charge in [-0.15, -0.1) is 0 Å². The number of rotatable bonds is 3. The summed E-state index contributed by atoms with van der Waals surface area (Å²) in [7, 11) is 0. The van der Waals surface area contributed by atoms with Gasteiger partial charge in [-0.2, -0.15) is 11.3 Å². The summed E-state index contributed by atoms with van der Waals surface area (Å²) in [5.41, 5.74) is 2.47. The van der Waals surface area contributed by atoms with Gasteiger partial charge in [0, 0.05) is 11.8 Å². The molecule has 0 aliphatic carbocycles. The fraction of sp³-hybridized carbons (Fsp3) is 0.182. The fourth-order valence-electron chi connectivity index (χ4n) is 1.40. The van der Waals surface area contributed by atoms with Crippen LogP contribution in [0.5, 0.6) is 0 Å². The van der Waals surface area contributed by atoms with E-state index in [9.17, 15) is 4.79 Å². The molecule has 2 aromatic rings. The van der Waals surface area contributed by atoms with Gasteiger partial charge in [-0.05, 0) is 35.4 Å². The number of carbonyl (C=O) groups excluding carboxylic acids is 1. The zero-order chi connectivity index (χ0) is 10.7. The quantitative estimate of drug-likeness (QED) is 0.810. The summed E-state index contributed by atoms with van der Waals surface area (Å²) in [6.45, 7) is 2.19. The van der Waals surface area contributed by atoms with Gasteiger partial charge in [0.05, 0.1) is 6.61 Å². The van der Waals surface area contributed by atoms with Crippen molar-refractivity contribution >= 4 is 17.3 Å². The van der Waals surface area contributed by atoms with Crippen LogP contribution in [0.2, 0.25) is 0 Å². The normalized spacial score (nSPS) is 10.2. The molecule has 2 heterocycles. The number of thiophene rings is 1. The van der Waals surface area contributed by atoms with Crippen LogP contribution < -0.4 is 0 Å². The molecule has 0 aliphatic rings. The van der Waals surface area contributed by atoms with E-state index in [0.717, 1.165) is 11.1 Å². The minimum atomic E-state index is -0.302. The lowest BCUT2D eigenvalue weighted by molar-refractivity contribution is 0.0521. The van der Waals surface area contributed by atoms with Crippen molar-refractivity contribution in [1.29, 1.82) is 0 Å². The maximum absolute atomic E-state index is 11.6. The summed E-state index contributed by atoms with van der Waals surface area (Å²) in [6.07, 6.45) is 1.75. The Balaban J connectivity index is 2.34. The van der Waals surface area contributed by atoms with E-state index in [2.05, 4.69) is 4.98 Å². The minimum Gasteiger partial charge on any atom is -0.461 e. The minimum absolute atomic E-state index is 0.302. The second-order valence-electron chi connectivity index (χ2n) is 3.00. The van der Waals surface area contributed by atoms with Crippen molar-refractivity contribution < 1.29 is 9.53 Å². The van der Waals surface area contributed by atoms with Gasteiger partial charge in [0.15, 0.2) is 0 Å². The van der Waals surface area contributed by atoms with Gasteiger partial charge in [0.25, 0.3) is 0 Å². The second-order valence-corrected chi connectivity index (χ2v) is 3.78. The van der Waals surface area contributed by atoms with Crippen molar-refractivity contribution in [2.24, 2.45) is 0 Å². The molecule has 2 rings (SSSR count). The highest BCUT2D eigenvalue weighted by molar-refractivity contribution is 7.08. The Bertz CT molecular complexity index is 445. The van der Waals surface area contributed by atoms with Crippen LogP contribution in [0.1, 0.15) is 17.4 Å². The van der Waals surface area contributed by atoms with Crippen molar-refractivity contribution in [1.82, 2.24) is 4.98 Å². The number of carbonyl (C=O) groups is 1. The van der Waals surface area contributed by atoms with E-state index >= 15 is 0 Å². The lowest BCUT2D eigenvalue weighted by atomic mass is 10.1. The van der Waals surface area contributed by atoms with Gasteiger partial charge in [-0.25, -0.2) is 4.79 Å². The predicted molar refractivity (Wildman–Crippen MR) is 60.1 cm³/mol. The fourth-order valence-corrected chi connectivity index (χ4v) is 2.06. The molecular weight excluding hydrogens is 210 g/mol. The number of esters is 1. The van der Waals surface area contributed by atoms with E-state index in [1.807, 2.05) is 22.9 Å². The van der Waals surface area contributed by atoms with Crippen molar-refractivity contribution in [3.05, 3.63) is 34.8 Å². The Hall–Kier alpha value is -1.55. The first-order chi connectivity index (χ1) is 7.33. The molecule has 0 bridgehead atoms. The van der Waals surface area contributed by atoms with Crippen LogP contribution >= 0.6 is 11.3 Å². The lowest BCUT2D eigenvalue weighted by Crippen LogP contribution is -2.06. The zero-order valence-corrected chi connectivity index (χ0v) is 9.14. The Labute approximate surface area is 91.7 Å². The average molecular weight is 221 g/mol. The molecule has 78 valence electrons. The molecule has 3 nitrogen and oxygen atoms in total. The Morgan fingerprint density at radius 3 is 3.07 bits per heavy atom. The molecule has 0 radical (unpaired) electrons. The molecule has 1 N–H and O–H groups in total. The molecule has 0 aromatic carbocycles. The molecular formula is C11H11NO2S. The van der Waals surface area contributed by atoms with Crippen molar-refractivity contribution in [2.75, 3.05) is 6.61 Å². The molecule has 4 heteroatoms. The van der Waals surface area contributed by atoms with E-state index < -0.39 is 0 Å². The van der Waals surface area contributed by atoms with Crippen molar-refractivity contribution in [3.8, 4) is 11.1 Å². The Morgan fingerprint density at radius 2 is 2.40 bits per heavy atom. The molecule has 0 amide bonds. The van der Waals surface area contributed by atoms with E-state index in [0.29, 0.717) is 12.3 Å². The van der Waals surface area contributed by atoms with E-state index in [1.165, 1.54) is 0 Å². The average Bonchev–Trinajstić information content (AvgIpc) is 2.88. The van der Waals surface area contributed by atoms with E-state index in [1.54, 1.807) is 24.5 Å². The zero-order valence-electron chi connectivity index (χ0n) is 8.32. The number of aromatic nitrogens is 1. The lowest BCUT2D eigenvalue weighted by Gasteiger charge is -2.01. The summed E-state index contributed by atoms with van der Waals surface area (Å²) in [5, 5.41) is 3.99. The van der Waals surface area contributed by atoms with Crippen LogP contribution in [0.3, 0.4) is 0 Å². The first kappa shape index (κ1) is 9.98. The molecule has 0 spiro atoms. The number of hydrogen-bond acceptors (Lipinski definition) is 3. The van der Waals surface area contributed by atoms with Crippen LogP contribution in [0, 0.1) is 0 Å². The second kappa shape index (κ2) is 4.31. The van der Waals surface area contributed by atoms with Gasteiger partial charge in [0.2, 0.25) is 0 Å². The highest BCUT2D eigenvalue weighted by Crippen LogP contribution is 2.25. The van der Waals surface area contributed by atoms with Crippen molar-refractivity contribution in [3.63, 3.8) is 0 Å². The summed E-state index contributed by atoms with van der Waals surface area (Å²) in [5.74, 6) is -0.302. The van der Waals surface area contributed by atoms with Gasteiger partial charge < -0.3 is 9.72 Å². The van der Waals surface area contributed by atoms with Crippen LogP contribution in [0.4, 0.5) is 0 Å². The summed E-state index contributed by atoms with van der Waals surface area (Å²) in [6, 6.07) is 3.87. The number of H-pyrrole nitrogens is 1. The number of hydrogen-bond donors (Lipinski definition) is 1. The van der Waals surface area contributed by atoms with Crippen molar-refractivity contribution in [2.45, 2.75) is 6.92 Å². The first-order valence-corrected chi connectivity index (χ1v) is 5.64. The maximum Gasteiger partial charge on any atom is 0.355 e. The first-order valence-electron chi connectivity index (χ1n) is 4.70. The van der Waals surface area contributed by atoms with E-state index in [4.69, 9.17) is 4.74 Å². The molecule has 0 atom stereocenters. The predicted octanol–water partition coefficient (Wildman–Crippen LogP) is 2.92. The largest absolute Gasteiger partial charge is 0.461 e. The summed E-state index contributed by atoms with van der Waals surface area (Å²) in [4.78, 5) is 14.5. The Kier molecular flexibility index (Phi) is 2.87. The molecule has 15 heavy (non-hydrogen) atoms. The third-order valence-corrected chi connectivity index (χ3v) is 2.74. The van der Waals surface area contributed by atoms with Gasteiger partial charge in [-0.3, -0.25) is 0 Å². The number of nitrogens with one attached hydrogen (secondary N) is 1. The third-order valence-electron chi connectivity index (χ3n) is 2.06.